The van der Waals surface area contributed by atoms with Crippen LogP contribution in [0.5, 0.6) is 0 Å². The molecule has 0 bridgehead atoms. The van der Waals surface area contributed by atoms with E-state index >= 15 is 0 Å². The molecule has 0 saturated heterocycles. The molecule has 0 unspecified atom stereocenters. The minimum Gasteiger partial charge on any atom is -1.00 e. The Bertz CT molecular complexity index is 1130. The summed E-state index contributed by atoms with van der Waals surface area (Å²) in [4.78, 5) is 0. The van der Waals surface area contributed by atoms with Gasteiger partial charge in [-0.25, -0.2) is 9.13 Å². The van der Waals surface area contributed by atoms with Crippen LogP contribution < -0.4 is 53.7 Å². The van der Waals surface area contributed by atoms with Crippen molar-refractivity contribution in [3.05, 3.63) is 71.7 Å². The van der Waals surface area contributed by atoms with Gasteiger partial charge in [-0.2, -0.15) is 0 Å². The lowest BCUT2D eigenvalue weighted by molar-refractivity contribution is -0.654. The molecule has 4 rings (SSSR count). The van der Waals surface area contributed by atoms with E-state index in [1.807, 2.05) is 94.9 Å². The monoisotopic (exact) mass is 636 g/mol. The highest BCUT2D eigenvalue weighted by Gasteiger charge is 2.08. The summed E-state index contributed by atoms with van der Waals surface area (Å²) in [6.45, 7) is 1.76. The van der Waals surface area contributed by atoms with Crippen LogP contribution in [0.1, 0.15) is 6.42 Å². The van der Waals surface area contributed by atoms with Crippen LogP contribution in [0.25, 0.3) is 0 Å². The van der Waals surface area contributed by atoms with E-state index in [9.17, 15) is 0 Å². The van der Waals surface area contributed by atoms with Crippen molar-refractivity contribution < 1.29 is 43.1 Å². The van der Waals surface area contributed by atoms with Crippen molar-refractivity contribution in [1.29, 1.82) is 0 Å². The highest BCUT2D eigenvalue weighted by molar-refractivity contribution is 7.13. The number of nitrogens with one attached hydrogen (secondary N) is 2. The number of aryl methyl sites for hydroxylation is 2. The molecule has 0 amide bonds. The molecule has 35 heavy (non-hydrogen) atoms. The standard InChI is InChI=1S/C23H24N8S2.2BrH/c1-30-14-16-32-22(30)28-26-20-8-4-18(5-9-20)24-12-3-13-25-19-6-10-21(11-7-19)27-29-23-31(2)15-17-33-23;;/h4-11,14-17H,3,12-13H2,1-2H3;2*1H. The number of benzene rings is 2. The fraction of sp³-hybridized carbons (Fsp3) is 0.217. The molecule has 12 heteroatoms. The molecular formula is C23H26Br2N8S2. The number of hydrogen-bond acceptors (Lipinski definition) is 8. The van der Waals surface area contributed by atoms with Gasteiger partial charge in [0.1, 0.15) is 23.8 Å². The van der Waals surface area contributed by atoms with Gasteiger partial charge in [0.25, 0.3) is 0 Å². The highest BCUT2D eigenvalue weighted by atomic mass is 79.9. The Morgan fingerprint density at radius 1 is 0.629 bits per heavy atom. The minimum absolute atomic E-state index is 0. The molecule has 0 aliphatic carbocycles. The smallest absolute Gasteiger partial charge is 0.408 e. The summed E-state index contributed by atoms with van der Waals surface area (Å²) in [5, 5.41) is 29.7. The Hall–Kier alpha value is -2.54. The molecule has 4 aromatic rings. The first kappa shape index (κ1) is 28.7. The maximum atomic E-state index is 4.29. The maximum absolute atomic E-state index is 4.29. The molecule has 0 spiro atoms. The molecule has 0 radical (unpaired) electrons. The predicted octanol–water partition coefficient (Wildman–Crippen LogP) is 0.212. The zero-order valence-electron chi connectivity index (χ0n) is 19.3. The number of halogens is 2. The second-order valence-corrected chi connectivity index (χ2v) is 9.04. The lowest BCUT2D eigenvalue weighted by atomic mass is 10.2. The van der Waals surface area contributed by atoms with Crippen LogP contribution in [-0.2, 0) is 14.1 Å². The average molecular weight is 638 g/mol. The number of nitrogens with zero attached hydrogens (tertiary/aromatic N) is 6. The van der Waals surface area contributed by atoms with Crippen molar-refractivity contribution in [3.8, 4) is 0 Å². The number of anilines is 2. The zero-order valence-corrected chi connectivity index (χ0v) is 24.1. The predicted molar refractivity (Wildman–Crippen MR) is 134 cm³/mol. The topological polar surface area (TPSA) is 81.3 Å². The Balaban J connectivity index is 0.00000216. The first-order valence-corrected chi connectivity index (χ1v) is 12.3. The van der Waals surface area contributed by atoms with Crippen molar-refractivity contribution in [2.45, 2.75) is 6.42 Å². The largest absolute Gasteiger partial charge is 1.00 e. The van der Waals surface area contributed by atoms with Gasteiger partial charge in [-0.1, -0.05) is 0 Å². The third kappa shape index (κ3) is 8.88. The van der Waals surface area contributed by atoms with E-state index in [0.29, 0.717) is 0 Å². The van der Waals surface area contributed by atoms with Crippen molar-refractivity contribution in [2.24, 2.45) is 34.6 Å². The molecule has 0 aliphatic rings. The molecule has 0 fully saturated rings. The van der Waals surface area contributed by atoms with Gasteiger partial charge in [-0.3, -0.25) is 0 Å². The van der Waals surface area contributed by atoms with Crippen LogP contribution in [-0.4, -0.2) is 13.1 Å². The zero-order chi connectivity index (χ0) is 22.9. The second-order valence-electron chi connectivity index (χ2n) is 7.29. The van der Waals surface area contributed by atoms with Crippen LogP contribution in [0.3, 0.4) is 0 Å². The van der Waals surface area contributed by atoms with Gasteiger partial charge < -0.3 is 44.6 Å². The Morgan fingerprint density at radius 3 is 1.37 bits per heavy atom. The molecule has 0 aliphatic heterocycles. The normalized spacial score (nSPS) is 10.8. The fourth-order valence-electron chi connectivity index (χ4n) is 2.89. The van der Waals surface area contributed by atoms with E-state index in [1.165, 1.54) is 0 Å². The second kappa shape index (κ2) is 14.8. The molecule has 184 valence electrons. The van der Waals surface area contributed by atoms with Gasteiger partial charge >= 0.3 is 10.3 Å². The number of aromatic nitrogens is 2. The Labute approximate surface area is 234 Å². The molecule has 2 N–H and O–H groups in total. The molecule has 2 heterocycles. The van der Waals surface area contributed by atoms with E-state index in [-0.39, 0.29) is 34.0 Å². The van der Waals surface area contributed by atoms with Crippen LogP contribution in [0.15, 0.2) is 92.1 Å². The van der Waals surface area contributed by atoms with Crippen molar-refractivity contribution in [2.75, 3.05) is 23.7 Å². The Morgan fingerprint density at radius 2 is 1.03 bits per heavy atom. The van der Waals surface area contributed by atoms with E-state index in [0.717, 1.165) is 52.5 Å². The summed E-state index contributed by atoms with van der Waals surface area (Å²) in [5.74, 6) is 0. The maximum Gasteiger partial charge on any atom is 0.408 e. The first-order valence-electron chi connectivity index (χ1n) is 10.5. The summed E-state index contributed by atoms with van der Waals surface area (Å²) < 4.78 is 3.90. The van der Waals surface area contributed by atoms with Crippen LogP contribution in [0.2, 0.25) is 0 Å². The van der Waals surface area contributed by atoms with Gasteiger partial charge in [-0.05, 0) is 87.9 Å². The van der Waals surface area contributed by atoms with E-state index < -0.39 is 0 Å². The van der Waals surface area contributed by atoms with Gasteiger partial charge in [-0.15, -0.1) is 0 Å². The SMILES string of the molecule is C[n+]1ccsc1N=Nc1ccc(NCCCNc2ccc(N=Nc3scc[n+]3C)cc2)cc1.[Br-].[Br-]. The van der Waals surface area contributed by atoms with Crippen molar-refractivity contribution >= 4 is 55.7 Å². The van der Waals surface area contributed by atoms with Crippen LogP contribution in [0, 0.1) is 0 Å². The molecule has 2 aromatic carbocycles. The minimum atomic E-state index is 0. The summed E-state index contributed by atoms with van der Waals surface area (Å²) in [7, 11) is 3.92. The summed E-state index contributed by atoms with van der Waals surface area (Å²) in [6, 6.07) is 16.0. The third-order valence-corrected chi connectivity index (χ3v) is 6.44. The molecule has 0 atom stereocenters. The lowest BCUT2D eigenvalue weighted by Crippen LogP contribution is -3.00. The summed E-state index contributed by atoms with van der Waals surface area (Å²) in [5.41, 5.74) is 3.82. The highest BCUT2D eigenvalue weighted by Crippen LogP contribution is 2.22. The van der Waals surface area contributed by atoms with Crippen molar-refractivity contribution in [1.82, 2.24) is 0 Å². The van der Waals surface area contributed by atoms with Gasteiger partial charge in [0, 0.05) is 35.2 Å². The number of thiazole rings is 2. The number of hydrogen-bond donors (Lipinski definition) is 2. The third-order valence-electron chi connectivity index (χ3n) is 4.77. The van der Waals surface area contributed by atoms with E-state index in [1.54, 1.807) is 22.7 Å². The number of rotatable bonds is 10. The fourth-order valence-corrected chi connectivity index (χ4v) is 4.25. The molecule has 8 nitrogen and oxygen atoms in total. The first-order chi connectivity index (χ1) is 16.2. The molecule has 0 saturated carbocycles. The van der Waals surface area contributed by atoms with Gasteiger partial charge in [0.2, 0.25) is 0 Å². The lowest BCUT2D eigenvalue weighted by Gasteiger charge is -2.08. The quantitative estimate of drug-likeness (QED) is 0.148. The summed E-state index contributed by atoms with van der Waals surface area (Å²) >= 11 is 3.13. The molecule has 2 aromatic heterocycles. The number of azo groups is 2. The Kier molecular flexibility index (Phi) is 12.1. The van der Waals surface area contributed by atoms with Gasteiger partial charge in [0.15, 0.2) is 0 Å². The van der Waals surface area contributed by atoms with E-state index in [4.69, 9.17) is 0 Å². The van der Waals surface area contributed by atoms with Gasteiger partial charge in [0.05, 0.1) is 24.3 Å². The van der Waals surface area contributed by atoms with Crippen LogP contribution in [0.4, 0.5) is 33.0 Å². The van der Waals surface area contributed by atoms with Crippen LogP contribution >= 0.6 is 22.7 Å². The summed E-state index contributed by atoms with van der Waals surface area (Å²) in [6.07, 6.45) is 4.93. The average Bonchev–Trinajstić information content (AvgIpc) is 3.45. The van der Waals surface area contributed by atoms with Crippen molar-refractivity contribution in [3.63, 3.8) is 0 Å². The molecular weight excluding hydrogens is 612 g/mol. The van der Waals surface area contributed by atoms with E-state index in [2.05, 4.69) is 31.1 Å².